The number of piperazine rings is 1. The first-order valence-corrected chi connectivity index (χ1v) is 9.19. The van der Waals surface area contributed by atoms with E-state index < -0.39 is 0 Å². The molecule has 1 amide bonds. The van der Waals surface area contributed by atoms with Crippen LogP contribution >= 0.6 is 11.8 Å². The van der Waals surface area contributed by atoms with E-state index in [-0.39, 0.29) is 5.91 Å². The summed E-state index contributed by atoms with van der Waals surface area (Å²) in [6.07, 6.45) is 3.34. The van der Waals surface area contributed by atoms with Crippen LogP contribution in [0, 0.1) is 11.3 Å². The molecule has 1 aliphatic rings. The van der Waals surface area contributed by atoms with Crippen molar-refractivity contribution in [3.05, 3.63) is 47.8 Å². The van der Waals surface area contributed by atoms with Crippen LogP contribution in [0.25, 0.3) is 0 Å². The molecule has 0 saturated carbocycles. The van der Waals surface area contributed by atoms with Gasteiger partial charge in [0.1, 0.15) is 5.82 Å². The average molecular weight is 353 g/mol. The van der Waals surface area contributed by atoms with E-state index in [9.17, 15) is 4.79 Å². The van der Waals surface area contributed by atoms with Crippen LogP contribution in [0.3, 0.4) is 0 Å². The van der Waals surface area contributed by atoms with Crippen LogP contribution in [0.5, 0.6) is 0 Å². The van der Waals surface area contributed by atoms with Gasteiger partial charge in [0.05, 0.1) is 16.7 Å². The van der Waals surface area contributed by atoms with Gasteiger partial charge in [-0.3, -0.25) is 4.79 Å². The van der Waals surface area contributed by atoms with Crippen molar-refractivity contribution in [2.24, 2.45) is 0 Å². The van der Waals surface area contributed by atoms with Gasteiger partial charge in [-0.25, -0.2) is 9.97 Å². The van der Waals surface area contributed by atoms with Crippen LogP contribution in [-0.2, 0) is 0 Å². The van der Waals surface area contributed by atoms with Crippen LogP contribution in [0.4, 0.5) is 5.82 Å². The fourth-order valence-corrected chi connectivity index (χ4v) is 3.39. The number of rotatable bonds is 4. The van der Waals surface area contributed by atoms with Gasteiger partial charge in [0.2, 0.25) is 0 Å². The molecular formula is C18H19N5OS. The van der Waals surface area contributed by atoms with E-state index in [1.807, 2.05) is 11.0 Å². The van der Waals surface area contributed by atoms with Crippen molar-refractivity contribution in [2.75, 3.05) is 36.8 Å². The van der Waals surface area contributed by atoms with Crippen molar-refractivity contribution >= 4 is 23.5 Å². The standard InChI is InChI=1S/C18H19N5OS/c1-2-25-17-12-15(4-6-21-17)18(24)23-9-7-22(8-10-23)16-11-14(13-19)3-5-20-16/h3-6,11-12H,2,7-10H2,1H3. The summed E-state index contributed by atoms with van der Waals surface area (Å²) >= 11 is 1.63. The van der Waals surface area contributed by atoms with Gasteiger partial charge in [0.25, 0.3) is 5.91 Å². The number of hydrogen-bond donors (Lipinski definition) is 0. The topological polar surface area (TPSA) is 73.1 Å². The van der Waals surface area contributed by atoms with Crippen molar-refractivity contribution in [1.82, 2.24) is 14.9 Å². The predicted octanol–water partition coefficient (Wildman–Crippen LogP) is 2.42. The molecule has 3 heterocycles. The molecule has 0 aromatic carbocycles. The normalized spacial score (nSPS) is 14.2. The summed E-state index contributed by atoms with van der Waals surface area (Å²) < 4.78 is 0. The third kappa shape index (κ3) is 4.09. The van der Waals surface area contributed by atoms with Gasteiger partial charge < -0.3 is 9.80 Å². The summed E-state index contributed by atoms with van der Waals surface area (Å²) in [6, 6.07) is 9.24. The Morgan fingerprint density at radius 1 is 1.20 bits per heavy atom. The lowest BCUT2D eigenvalue weighted by Crippen LogP contribution is -2.49. The van der Waals surface area contributed by atoms with Crippen molar-refractivity contribution in [1.29, 1.82) is 5.26 Å². The summed E-state index contributed by atoms with van der Waals surface area (Å²) in [4.78, 5) is 25.3. The fraction of sp³-hybridized carbons (Fsp3) is 0.333. The van der Waals surface area contributed by atoms with E-state index in [0.29, 0.717) is 37.3 Å². The van der Waals surface area contributed by atoms with Gasteiger partial charge in [-0.2, -0.15) is 5.26 Å². The molecule has 6 nitrogen and oxygen atoms in total. The highest BCUT2D eigenvalue weighted by molar-refractivity contribution is 7.99. The van der Waals surface area contributed by atoms with Crippen molar-refractivity contribution in [2.45, 2.75) is 11.9 Å². The Labute approximate surface area is 151 Å². The first-order valence-electron chi connectivity index (χ1n) is 8.20. The Balaban J connectivity index is 1.64. The van der Waals surface area contributed by atoms with Gasteiger partial charge >= 0.3 is 0 Å². The quantitative estimate of drug-likeness (QED) is 0.786. The first-order chi connectivity index (χ1) is 12.2. The second-order valence-electron chi connectivity index (χ2n) is 5.61. The summed E-state index contributed by atoms with van der Waals surface area (Å²) in [5.41, 5.74) is 1.28. The molecule has 128 valence electrons. The van der Waals surface area contributed by atoms with Gasteiger partial charge in [-0.15, -0.1) is 11.8 Å². The van der Waals surface area contributed by atoms with Crippen molar-refractivity contribution in [3.63, 3.8) is 0 Å². The Morgan fingerprint density at radius 2 is 1.96 bits per heavy atom. The zero-order valence-corrected chi connectivity index (χ0v) is 14.9. The molecule has 25 heavy (non-hydrogen) atoms. The van der Waals surface area contributed by atoms with Gasteiger partial charge in [-0.05, 0) is 30.0 Å². The molecule has 1 aliphatic heterocycles. The van der Waals surface area contributed by atoms with Crippen LogP contribution in [0.1, 0.15) is 22.8 Å². The Bertz CT molecular complexity index is 796. The highest BCUT2D eigenvalue weighted by atomic mass is 32.2. The number of nitrogens with zero attached hydrogens (tertiary/aromatic N) is 5. The van der Waals surface area contributed by atoms with Crippen LogP contribution in [0.15, 0.2) is 41.7 Å². The number of carbonyl (C=O) groups is 1. The molecule has 0 N–H and O–H groups in total. The molecule has 1 fully saturated rings. The van der Waals surface area contributed by atoms with Crippen LogP contribution in [-0.4, -0.2) is 52.7 Å². The minimum atomic E-state index is 0.0405. The molecule has 0 aliphatic carbocycles. The second-order valence-corrected chi connectivity index (χ2v) is 6.89. The number of aromatic nitrogens is 2. The first kappa shape index (κ1) is 17.2. The summed E-state index contributed by atoms with van der Waals surface area (Å²) in [5, 5.41) is 9.89. The maximum absolute atomic E-state index is 12.7. The summed E-state index contributed by atoms with van der Waals surface area (Å²) in [6.45, 7) is 4.74. The molecule has 0 spiro atoms. The van der Waals surface area contributed by atoms with E-state index >= 15 is 0 Å². The highest BCUT2D eigenvalue weighted by Gasteiger charge is 2.23. The SMILES string of the molecule is CCSc1cc(C(=O)N2CCN(c3cc(C#N)ccn3)CC2)ccn1. The number of hydrogen-bond acceptors (Lipinski definition) is 6. The lowest BCUT2D eigenvalue weighted by Gasteiger charge is -2.35. The predicted molar refractivity (Wildman–Crippen MR) is 97.7 cm³/mol. The average Bonchev–Trinajstić information content (AvgIpc) is 2.68. The van der Waals surface area contributed by atoms with E-state index in [0.717, 1.165) is 16.6 Å². The van der Waals surface area contributed by atoms with E-state index in [1.54, 1.807) is 42.4 Å². The lowest BCUT2D eigenvalue weighted by atomic mass is 10.2. The minimum absolute atomic E-state index is 0.0405. The van der Waals surface area contributed by atoms with Crippen molar-refractivity contribution in [3.8, 4) is 6.07 Å². The molecule has 2 aromatic rings. The summed E-state index contributed by atoms with van der Waals surface area (Å²) in [7, 11) is 0. The molecule has 2 aromatic heterocycles. The van der Waals surface area contributed by atoms with E-state index in [1.165, 1.54) is 0 Å². The Morgan fingerprint density at radius 3 is 2.68 bits per heavy atom. The van der Waals surface area contributed by atoms with E-state index in [4.69, 9.17) is 5.26 Å². The maximum atomic E-state index is 12.7. The third-order valence-electron chi connectivity index (χ3n) is 4.04. The van der Waals surface area contributed by atoms with Gasteiger partial charge in [0.15, 0.2) is 0 Å². The Hall–Kier alpha value is -2.59. The molecule has 0 unspecified atom stereocenters. The molecule has 0 bridgehead atoms. The summed E-state index contributed by atoms with van der Waals surface area (Å²) in [5.74, 6) is 1.76. The molecule has 7 heteroatoms. The monoisotopic (exact) mass is 353 g/mol. The maximum Gasteiger partial charge on any atom is 0.254 e. The van der Waals surface area contributed by atoms with Gasteiger partial charge in [-0.1, -0.05) is 6.92 Å². The molecule has 3 rings (SSSR count). The molecular weight excluding hydrogens is 334 g/mol. The molecule has 0 atom stereocenters. The molecule has 1 saturated heterocycles. The van der Waals surface area contributed by atoms with Crippen LogP contribution < -0.4 is 4.90 Å². The number of amides is 1. The largest absolute Gasteiger partial charge is 0.353 e. The fourth-order valence-electron chi connectivity index (χ4n) is 2.75. The zero-order valence-electron chi connectivity index (χ0n) is 14.1. The van der Waals surface area contributed by atoms with Crippen molar-refractivity contribution < 1.29 is 4.79 Å². The minimum Gasteiger partial charge on any atom is -0.353 e. The zero-order chi connectivity index (χ0) is 17.6. The van der Waals surface area contributed by atoms with Crippen LogP contribution in [0.2, 0.25) is 0 Å². The van der Waals surface area contributed by atoms with E-state index in [2.05, 4.69) is 27.9 Å². The lowest BCUT2D eigenvalue weighted by molar-refractivity contribution is 0.0746. The Kier molecular flexibility index (Phi) is 5.51. The third-order valence-corrected chi connectivity index (χ3v) is 4.85. The molecule has 0 radical (unpaired) electrons. The number of pyridine rings is 2. The van der Waals surface area contributed by atoms with Gasteiger partial charge in [0, 0.05) is 44.1 Å². The number of anilines is 1. The second kappa shape index (κ2) is 7.99. The number of thioether (sulfide) groups is 1. The number of nitriles is 1. The highest BCUT2D eigenvalue weighted by Crippen LogP contribution is 2.19. The smallest absolute Gasteiger partial charge is 0.254 e. The number of carbonyl (C=O) groups excluding carboxylic acids is 1.